The first kappa shape index (κ1) is 21.5. The van der Waals surface area contributed by atoms with Gasteiger partial charge < -0.3 is 19.8 Å². The molecule has 1 fully saturated rings. The molecule has 0 aliphatic heterocycles. The smallest absolute Gasteiger partial charge is 0.338 e. The Labute approximate surface area is 181 Å². The highest BCUT2D eigenvalue weighted by atomic mass is 127. The first-order chi connectivity index (χ1) is 13.8. The molecule has 3 aromatic rings. The van der Waals surface area contributed by atoms with Crippen LogP contribution >= 0.6 is 22.6 Å². The number of fused-ring (bicyclic) bond motifs is 1. The van der Waals surface area contributed by atoms with Crippen LogP contribution in [0.1, 0.15) is 28.8 Å². The Bertz CT molecular complexity index is 1050. The van der Waals surface area contributed by atoms with Gasteiger partial charge in [-0.25, -0.2) is 14.2 Å². The second-order valence-corrected chi connectivity index (χ2v) is 8.07. The molecule has 1 aromatic heterocycles. The van der Waals surface area contributed by atoms with Gasteiger partial charge in [0.15, 0.2) is 5.82 Å². The highest BCUT2D eigenvalue weighted by Crippen LogP contribution is 2.32. The van der Waals surface area contributed by atoms with Gasteiger partial charge in [0, 0.05) is 22.3 Å². The average Bonchev–Trinajstić information content (AvgIpc) is 3.41. The number of aromatic nitrogens is 2. The number of hydrogen-bond acceptors (Lipinski definition) is 5. The molecule has 0 unspecified atom stereocenters. The lowest BCUT2D eigenvalue weighted by atomic mass is 10.1. The monoisotopic (exact) mass is 512 g/mol. The van der Waals surface area contributed by atoms with E-state index in [0.29, 0.717) is 17.2 Å². The second-order valence-electron chi connectivity index (χ2n) is 6.82. The lowest BCUT2D eigenvalue weighted by Gasteiger charge is -2.14. The molecule has 0 amide bonds. The van der Waals surface area contributed by atoms with Gasteiger partial charge >= 0.3 is 5.97 Å². The first-order valence-corrected chi connectivity index (χ1v) is 10.1. The normalized spacial score (nSPS) is 13.1. The third-order valence-electron chi connectivity index (χ3n) is 4.50. The van der Waals surface area contributed by atoms with E-state index in [9.17, 15) is 14.3 Å². The minimum atomic E-state index is -1.20. The molecule has 3 N–H and O–H groups in total. The minimum absolute atomic E-state index is 0.0759. The van der Waals surface area contributed by atoms with E-state index in [1.54, 1.807) is 24.8 Å². The molecule has 9 heteroatoms. The summed E-state index contributed by atoms with van der Waals surface area (Å²) in [5.74, 6) is -1.86. The van der Waals surface area contributed by atoms with Crippen LogP contribution in [0.3, 0.4) is 0 Å². The third kappa shape index (κ3) is 5.03. The van der Waals surface area contributed by atoms with E-state index in [4.69, 9.17) is 0 Å². The Morgan fingerprint density at radius 2 is 2.10 bits per heavy atom. The predicted octanol–water partition coefficient (Wildman–Crippen LogP) is 4.37. The van der Waals surface area contributed by atoms with Gasteiger partial charge in [-0.05, 0) is 72.2 Å². The van der Waals surface area contributed by atoms with Crippen LogP contribution in [0, 0.1) is 16.3 Å². The summed E-state index contributed by atoms with van der Waals surface area (Å²) >= 11 is 2.18. The molecule has 1 heterocycles. The summed E-state index contributed by atoms with van der Waals surface area (Å²) < 4.78 is 17.4. The number of carboxylic acids is 1. The Hall–Kier alpha value is -2.24. The van der Waals surface area contributed by atoms with Crippen molar-refractivity contribution in [3.8, 4) is 0 Å². The molecule has 29 heavy (non-hydrogen) atoms. The largest absolute Gasteiger partial charge is 0.478 e. The number of anilines is 2. The molecule has 0 saturated heterocycles. The van der Waals surface area contributed by atoms with E-state index < -0.39 is 11.8 Å². The molecule has 0 radical (unpaired) electrons. The van der Waals surface area contributed by atoms with Crippen LogP contribution in [0.2, 0.25) is 0 Å². The number of hydroxylamine groups is 1. The van der Waals surface area contributed by atoms with E-state index in [1.807, 2.05) is 19.1 Å². The number of benzene rings is 2. The lowest BCUT2D eigenvalue weighted by Crippen LogP contribution is -2.12. The molecule has 0 spiro atoms. The molecule has 1 aliphatic rings. The van der Waals surface area contributed by atoms with Gasteiger partial charge in [-0.15, -0.1) is 0 Å². The number of carbonyl (C=O) groups is 1. The van der Waals surface area contributed by atoms with Crippen molar-refractivity contribution in [2.24, 2.45) is 7.05 Å². The molecule has 4 rings (SSSR count). The predicted molar refractivity (Wildman–Crippen MR) is 118 cm³/mol. The van der Waals surface area contributed by atoms with Crippen molar-refractivity contribution >= 4 is 51.0 Å². The van der Waals surface area contributed by atoms with Gasteiger partial charge in [0.1, 0.15) is 5.52 Å². The Morgan fingerprint density at radius 3 is 2.66 bits per heavy atom. The highest BCUT2D eigenvalue weighted by molar-refractivity contribution is 14.1. The standard InChI is InChI=1S/C16H13FIN3O2.C4H9NO/c1-8-5-9(18)3-4-11(8)20-14-10(16(22)23)6-12-15(13(14)17)19-7-21(12)2;1-6-5-4-2-3-4/h3-7,20H,1-2H3,(H,22,23);4-5H,2-3H2,1H3. The van der Waals surface area contributed by atoms with Crippen molar-refractivity contribution in [1.29, 1.82) is 0 Å². The number of rotatable bonds is 5. The Balaban J connectivity index is 0.000000343. The Morgan fingerprint density at radius 1 is 1.38 bits per heavy atom. The van der Waals surface area contributed by atoms with Crippen LogP contribution in [0.25, 0.3) is 11.0 Å². The maximum Gasteiger partial charge on any atom is 0.338 e. The van der Waals surface area contributed by atoms with Gasteiger partial charge in [-0.3, -0.25) is 0 Å². The maximum atomic E-state index is 14.8. The van der Waals surface area contributed by atoms with Gasteiger partial charge in [-0.1, -0.05) is 0 Å². The topological polar surface area (TPSA) is 88.4 Å². The molecule has 7 nitrogen and oxygen atoms in total. The van der Waals surface area contributed by atoms with Crippen molar-refractivity contribution in [2.45, 2.75) is 25.8 Å². The highest BCUT2D eigenvalue weighted by Gasteiger charge is 2.21. The number of carboxylic acid groups (broad SMARTS) is 1. The van der Waals surface area contributed by atoms with E-state index in [2.05, 4.69) is 43.2 Å². The molecule has 2 aromatic carbocycles. The number of aromatic carboxylic acids is 1. The molecular weight excluding hydrogens is 490 g/mol. The number of hydrogen-bond donors (Lipinski definition) is 3. The lowest BCUT2D eigenvalue weighted by molar-refractivity contribution is 0.0697. The maximum absolute atomic E-state index is 14.8. The summed E-state index contributed by atoms with van der Waals surface area (Å²) in [7, 11) is 3.34. The molecular formula is C20H22FIN4O3. The average molecular weight is 512 g/mol. The van der Waals surface area contributed by atoms with Crippen LogP contribution in [0.5, 0.6) is 0 Å². The van der Waals surface area contributed by atoms with Gasteiger partial charge in [0.2, 0.25) is 0 Å². The number of imidazole rings is 1. The summed E-state index contributed by atoms with van der Waals surface area (Å²) in [4.78, 5) is 20.2. The molecule has 0 atom stereocenters. The fourth-order valence-corrected chi connectivity index (χ4v) is 3.43. The van der Waals surface area contributed by atoms with E-state index in [0.717, 1.165) is 9.13 Å². The van der Waals surface area contributed by atoms with Gasteiger partial charge in [-0.2, -0.15) is 5.48 Å². The van der Waals surface area contributed by atoms with E-state index >= 15 is 0 Å². The summed E-state index contributed by atoms with van der Waals surface area (Å²) in [6.07, 6.45) is 4.03. The number of halogens is 2. The summed E-state index contributed by atoms with van der Waals surface area (Å²) in [5.41, 5.74) is 4.74. The van der Waals surface area contributed by atoms with Crippen LogP contribution in [0.15, 0.2) is 30.6 Å². The fourth-order valence-electron chi connectivity index (χ4n) is 2.79. The third-order valence-corrected chi connectivity index (χ3v) is 5.17. The molecule has 154 valence electrons. The molecule has 1 saturated carbocycles. The zero-order chi connectivity index (χ0) is 21.1. The van der Waals surface area contributed by atoms with Gasteiger partial charge in [0.25, 0.3) is 0 Å². The zero-order valence-electron chi connectivity index (χ0n) is 16.3. The molecule has 0 bridgehead atoms. The zero-order valence-corrected chi connectivity index (χ0v) is 18.4. The minimum Gasteiger partial charge on any atom is -0.478 e. The Kier molecular flexibility index (Phi) is 6.70. The number of nitrogens with one attached hydrogen (secondary N) is 2. The van der Waals surface area contributed by atoms with Crippen LogP contribution in [0.4, 0.5) is 15.8 Å². The van der Waals surface area contributed by atoms with E-state index in [1.165, 1.54) is 25.2 Å². The van der Waals surface area contributed by atoms with Crippen molar-refractivity contribution in [1.82, 2.24) is 15.0 Å². The number of nitrogens with zero attached hydrogens (tertiary/aromatic N) is 2. The van der Waals surface area contributed by atoms with Crippen molar-refractivity contribution in [3.05, 3.63) is 51.1 Å². The quantitative estimate of drug-likeness (QED) is 0.348. The van der Waals surface area contributed by atoms with E-state index in [-0.39, 0.29) is 16.8 Å². The van der Waals surface area contributed by atoms with Crippen molar-refractivity contribution < 1.29 is 19.1 Å². The van der Waals surface area contributed by atoms with Crippen molar-refractivity contribution in [2.75, 3.05) is 12.4 Å². The number of aryl methyl sites for hydroxylation is 2. The summed E-state index contributed by atoms with van der Waals surface area (Å²) in [6.45, 7) is 1.88. The van der Waals surface area contributed by atoms with Crippen molar-refractivity contribution in [3.63, 3.8) is 0 Å². The second kappa shape index (κ2) is 9.06. The summed E-state index contributed by atoms with van der Waals surface area (Å²) in [6, 6.07) is 7.70. The van der Waals surface area contributed by atoms with Crippen LogP contribution in [-0.2, 0) is 11.9 Å². The van der Waals surface area contributed by atoms with Crippen LogP contribution < -0.4 is 10.8 Å². The molecule has 1 aliphatic carbocycles. The SMILES string of the molecule is CONC1CC1.Cc1cc(I)ccc1Nc1c(C(=O)O)cc2c(ncn2C)c1F. The fraction of sp³-hybridized carbons (Fsp3) is 0.300. The summed E-state index contributed by atoms with van der Waals surface area (Å²) in [5, 5.41) is 12.3. The first-order valence-electron chi connectivity index (χ1n) is 9.00. The van der Waals surface area contributed by atoms with Crippen LogP contribution in [-0.4, -0.2) is 33.8 Å². The van der Waals surface area contributed by atoms with Gasteiger partial charge in [0.05, 0.1) is 30.2 Å².